The lowest BCUT2D eigenvalue weighted by molar-refractivity contribution is -0.116. The van der Waals surface area contributed by atoms with Gasteiger partial charge in [0.15, 0.2) is 0 Å². The normalized spacial score (nSPS) is 14.2. The van der Waals surface area contributed by atoms with Crippen LogP contribution in [0, 0.1) is 0 Å². The van der Waals surface area contributed by atoms with Gasteiger partial charge in [0.05, 0.1) is 6.04 Å². The van der Waals surface area contributed by atoms with Crippen molar-refractivity contribution in [1.29, 1.82) is 0 Å². The highest BCUT2D eigenvalue weighted by molar-refractivity contribution is 9.10. The van der Waals surface area contributed by atoms with Gasteiger partial charge in [-0.05, 0) is 48.7 Å². The fourth-order valence-corrected chi connectivity index (χ4v) is 3.68. The van der Waals surface area contributed by atoms with E-state index in [1.165, 1.54) is 0 Å². The third kappa shape index (κ3) is 3.22. The summed E-state index contributed by atoms with van der Waals surface area (Å²) in [7, 11) is 0. The van der Waals surface area contributed by atoms with Gasteiger partial charge in [0.2, 0.25) is 5.91 Å². The average molecular weight is 387 g/mol. The van der Waals surface area contributed by atoms with E-state index in [0.717, 1.165) is 27.7 Å². The first kappa shape index (κ1) is 16.7. The van der Waals surface area contributed by atoms with Crippen molar-refractivity contribution >= 4 is 33.4 Å². The van der Waals surface area contributed by atoms with Crippen LogP contribution in [0.3, 0.4) is 0 Å². The summed E-state index contributed by atoms with van der Waals surface area (Å²) >= 11 is 3.52. The Morgan fingerprint density at radius 2 is 1.96 bits per heavy atom. The first-order valence-electron chi connectivity index (χ1n) is 7.93. The maximum absolute atomic E-state index is 12.5. The molecule has 24 heavy (non-hydrogen) atoms. The highest BCUT2D eigenvalue weighted by atomic mass is 79.9. The van der Waals surface area contributed by atoms with Gasteiger partial charge in [-0.1, -0.05) is 34.1 Å². The molecule has 0 saturated carbocycles. The van der Waals surface area contributed by atoms with Crippen LogP contribution in [0.1, 0.15) is 41.4 Å². The molecule has 4 nitrogen and oxygen atoms in total. The Bertz CT molecular complexity index is 804. The van der Waals surface area contributed by atoms with Crippen LogP contribution in [-0.4, -0.2) is 18.4 Å². The van der Waals surface area contributed by atoms with Gasteiger partial charge in [-0.3, -0.25) is 9.59 Å². The molecule has 124 valence electrons. The number of hydrogen-bond donors (Lipinski definition) is 1. The van der Waals surface area contributed by atoms with Crippen LogP contribution in [0.4, 0.5) is 5.69 Å². The summed E-state index contributed by atoms with van der Waals surface area (Å²) < 4.78 is 0.976. The van der Waals surface area contributed by atoms with Crippen molar-refractivity contribution in [2.45, 2.75) is 26.3 Å². The summed E-state index contributed by atoms with van der Waals surface area (Å²) in [5.74, 6) is -0.0733. The van der Waals surface area contributed by atoms with Crippen LogP contribution >= 0.6 is 15.9 Å². The van der Waals surface area contributed by atoms with E-state index in [1.54, 1.807) is 17.9 Å². The number of hydrogen-bond acceptors (Lipinski definition) is 2. The van der Waals surface area contributed by atoms with Crippen LogP contribution in [0.15, 0.2) is 46.9 Å². The largest absolute Gasteiger partial charge is 0.345 e. The van der Waals surface area contributed by atoms with Crippen LogP contribution in [-0.2, 0) is 11.2 Å². The molecule has 1 aliphatic rings. The fourth-order valence-electron chi connectivity index (χ4n) is 3.05. The van der Waals surface area contributed by atoms with Gasteiger partial charge in [0.1, 0.15) is 0 Å². The molecule has 1 heterocycles. The summed E-state index contributed by atoms with van der Waals surface area (Å²) in [5, 5.41) is 3.03. The first-order chi connectivity index (χ1) is 11.5. The lowest BCUT2D eigenvalue weighted by atomic mass is 10.1. The molecule has 0 aromatic heterocycles. The predicted molar refractivity (Wildman–Crippen MR) is 98.2 cm³/mol. The molecule has 1 aliphatic heterocycles. The smallest absolute Gasteiger partial charge is 0.251 e. The van der Waals surface area contributed by atoms with Crippen molar-refractivity contribution in [3.05, 3.63) is 63.6 Å². The van der Waals surface area contributed by atoms with E-state index >= 15 is 0 Å². The van der Waals surface area contributed by atoms with Gasteiger partial charge >= 0.3 is 0 Å². The number of carbonyl (C=O) groups excluding carboxylic acids is 2. The summed E-state index contributed by atoms with van der Waals surface area (Å²) in [6.07, 6.45) is 0.788. The highest BCUT2D eigenvalue weighted by Gasteiger charge is 2.23. The molecule has 0 fully saturated rings. The molecule has 5 heteroatoms. The Morgan fingerprint density at radius 3 is 2.67 bits per heavy atom. The number of anilines is 1. The molecule has 2 aromatic rings. The summed E-state index contributed by atoms with van der Waals surface area (Å²) in [5.41, 5.74) is 3.62. The number of fused-ring (bicyclic) bond motifs is 1. The zero-order chi connectivity index (χ0) is 17.3. The third-order valence-electron chi connectivity index (χ3n) is 4.34. The molecule has 0 radical (unpaired) electrons. The number of halogens is 1. The Morgan fingerprint density at radius 1 is 1.21 bits per heavy atom. The van der Waals surface area contributed by atoms with E-state index in [2.05, 4.69) is 21.2 Å². The number of amides is 2. The van der Waals surface area contributed by atoms with Gasteiger partial charge in [-0.2, -0.15) is 0 Å². The van der Waals surface area contributed by atoms with Crippen LogP contribution in [0.5, 0.6) is 0 Å². The first-order valence-corrected chi connectivity index (χ1v) is 8.73. The predicted octanol–water partition coefficient (Wildman–Crippen LogP) is 3.85. The number of nitrogens with zero attached hydrogens (tertiary/aromatic N) is 1. The second-order valence-corrected chi connectivity index (χ2v) is 6.84. The minimum Gasteiger partial charge on any atom is -0.345 e. The van der Waals surface area contributed by atoms with E-state index in [4.69, 9.17) is 0 Å². The number of nitrogens with one attached hydrogen (secondary N) is 1. The lowest BCUT2D eigenvalue weighted by Crippen LogP contribution is -2.27. The molecular formula is C19H19BrN2O2. The lowest BCUT2D eigenvalue weighted by Gasteiger charge is -2.17. The summed E-state index contributed by atoms with van der Waals surface area (Å²) in [4.78, 5) is 25.9. The van der Waals surface area contributed by atoms with Gasteiger partial charge in [-0.15, -0.1) is 0 Å². The van der Waals surface area contributed by atoms with Gasteiger partial charge < -0.3 is 10.2 Å². The Labute approximate surface area is 150 Å². The topological polar surface area (TPSA) is 49.4 Å². The third-order valence-corrected chi connectivity index (χ3v) is 5.06. The minimum atomic E-state index is -0.109. The molecular weight excluding hydrogens is 368 g/mol. The quantitative estimate of drug-likeness (QED) is 0.870. The monoisotopic (exact) mass is 386 g/mol. The van der Waals surface area contributed by atoms with Crippen LogP contribution < -0.4 is 10.2 Å². The van der Waals surface area contributed by atoms with E-state index < -0.39 is 0 Å². The van der Waals surface area contributed by atoms with E-state index in [-0.39, 0.29) is 17.9 Å². The zero-order valence-electron chi connectivity index (χ0n) is 13.7. The van der Waals surface area contributed by atoms with Crippen molar-refractivity contribution in [2.75, 3.05) is 11.4 Å². The average Bonchev–Trinajstić information content (AvgIpc) is 2.98. The maximum Gasteiger partial charge on any atom is 0.251 e. The molecule has 1 unspecified atom stereocenters. The molecule has 1 atom stereocenters. The van der Waals surface area contributed by atoms with Crippen LogP contribution in [0.2, 0.25) is 0 Å². The van der Waals surface area contributed by atoms with Crippen LogP contribution in [0.25, 0.3) is 0 Å². The van der Waals surface area contributed by atoms with E-state index in [1.807, 2.05) is 43.3 Å². The van der Waals surface area contributed by atoms with Crippen molar-refractivity contribution in [2.24, 2.45) is 0 Å². The highest BCUT2D eigenvalue weighted by Crippen LogP contribution is 2.29. The molecule has 0 spiro atoms. The summed E-state index contributed by atoms with van der Waals surface area (Å²) in [6.45, 7) is 4.21. The van der Waals surface area contributed by atoms with Gasteiger partial charge in [0, 0.05) is 29.2 Å². The second kappa shape index (κ2) is 6.77. The molecule has 3 rings (SSSR count). The van der Waals surface area contributed by atoms with E-state index in [0.29, 0.717) is 12.1 Å². The molecule has 2 amide bonds. The van der Waals surface area contributed by atoms with Crippen molar-refractivity contribution < 1.29 is 9.59 Å². The van der Waals surface area contributed by atoms with Crippen molar-refractivity contribution in [1.82, 2.24) is 5.32 Å². The number of carbonyl (C=O) groups is 2. The summed E-state index contributed by atoms with van der Waals surface area (Å²) in [6, 6.07) is 13.3. The number of benzene rings is 2. The minimum absolute atomic E-state index is 0.0356. The van der Waals surface area contributed by atoms with E-state index in [9.17, 15) is 9.59 Å². The standard InChI is InChI=1S/C19H19BrN2O2/c1-12(16-5-3-4-6-17(16)20)21-19(24)15-7-8-18-14(11-15)9-10-22(18)13(2)23/h3-8,11-12H,9-10H2,1-2H3,(H,21,24). The Hall–Kier alpha value is -2.14. The molecule has 0 aliphatic carbocycles. The zero-order valence-corrected chi connectivity index (χ0v) is 15.3. The molecule has 0 saturated heterocycles. The fraction of sp³-hybridized carbons (Fsp3) is 0.263. The molecule has 0 bridgehead atoms. The van der Waals surface area contributed by atoms with Gasteiger partial charge in [-0.25, -0.2) is 0 Å². The SMILES string of the molecule is CC(=O)N1CCc2cc(C(=O)NC(C)c3ccccc3Br)ccc21. The van der Waals surface area contributed by atoms with Crippen molar-refractivity contribution in [3.63, 3.8) is 0 Å². The van der Waals surface area contributed by atoms with Crippen molar-refractivity contribution in [3.8, 4) is 0 Å². The Kier molecular flexibility index (Phi) is 4.71. The number of rotatable bonds is 3. The van der Waals surface area contributed by atoms with Gasteiger partial charge in [0.25, 0.3) is 5.91 Å². The molecule has 1 N–H and O–H groups in total. The Balaban J connectivity index is 1.77. The second-order valence-electron chi connectivity index (χ2n) is 5.98. The maximum atomic E-state index is 12.5. The molecule has 2 aromatic carbocycles.